The number of ether oxygens (including phenoxy) is 1. The molecule has 1 unspecified atom stereocenters. The highest BCUT2D eigenvalue weighted by atomic mass is 32.1. The number of carbonyl (C=O) groups excluding carboxylic acids is 1. The van der Waals surface area contributed by atoms with E-state index in [0.717, 1.165) is 25.7 Å². The molecule has 0 amide bonds. The van der Waals surface area contributed by atoms with E-state index >= 15 is 0 Å². The lowest BCUT2D eigenvalue weighted by molar-refractivity contribution is -0.143. The summed E-state index contributed by atoms with van der Waals surface area (Å²) in [4.78, 5) is 11.5. The fourth-order valence-electron chi connectivity index (χ4n) is 2.33. The summed E-state index contributed by atoms with van der Waals surface area (Å²) in [5.74, 6) is -0.232. The summed E-state index contributed by atoms with van der Waals surface area (Å²) in [5, 5.41) is 0. The minimum absolute atomic E-state index is 0.232. The Hall–Kier alpha value is -0.440. The van der Waals surface area contributed by atoms with Crippen molar-refractivity contribution in [2.75, 3.05) is 7.11 Å². The maximum absolute atomic E-state index is 11.5. The summed E-state index contributed by atoms with van der Waals surface area (Å²) in [6, 6.07) is 0. The zero-order valence-electron chi connectivity index (χ0n) is 14.2. The zero-order valence-corrected chi connectivity index (χ0v) is 15.1. The third-order valence-corrected chi connectivity index (χ3v) is 4.21. The van der Waals surface area contributed by atoms with Gasteiger partial charge in [0.25, 0.3) is 0 Å². The average molecular weight is 315 g/mol. The van der Waals surface area contributed by atoms with Crippen molar-refractivity contribution in [3.05, 3.63) is 12.2 Å². The van der Waals surface area contributed by atoms with Crippen LogP contribution in [0.1, 0.15) is 84.5 Å². The molecule has 0 saturated carbocycles. The van der Waals surface area contributed by atoms with Gasteiger partial charge in [0.05, 0.1) is 7.11 Å². The van der Waals surface area contributed by atoms with Crippen LogP contribution in [0.5, 0.6) is 0 Å². The normalized spacial score (nSPS) is 14.3. The van der Waals surface area contributed by atoms with Crippen LogP contribution in [0.2, 0.25) is 0 Å². The Morgan fingerprint density at radius 1 is 1.00 bits per heavy atom. The Kier molecular flexibility index (Phi) is 13.0. The first-order valence-corrected chi connectivity index (χ1v) is 8.95. The van der Waals surface area contributed by atoms with Gasteiger partial charge in [0.15, 0.2) is 0 Å². The van der Waals surface area contributed by atoms with Gasteiger partial charge in [-0.05, 0) is 39.0 Å². The van der Waals surface area contributed by atoms with Gasteiger partial charge in [0.2, 0.25) is 0 Å². The maximum Gasteiger partial charge on any atom is 0.321 e. The van der Waals surface area contributed by atoms with Gasteiger partial charge in [0, 0.05) is 0 Å². The molecule has 0 aromatic carbocycles. The second-order valence-electron chi connectivity index (χ2n) is 6.04. The van der Waals surface area contributed by atoms with Crippen LogP contribution in [0.15, 0.2) is 12.2 Å². The van der Waals surface area contributed by atoms with Gasteiger partial charge in [-0.15, -0.1) is 0 Å². The number of unbranched alkanes of at least 4 members (excludes halogenated alkanes) is 8. The Morgan fingerprint density at radius 2 is 1.52 bits per heavy atom. The first-order chi connectivity index (χ1) is 10.0. The molecule has 0 rings (SSSR count). The number of methoxy groups -OCH3 is 1. The summed E-state index contributed by atoms with van der Waals surface area (Å²) in [6.07, 6.45) is 17.9. The van der Waals surface area contributed by atoms with Crippen LogP contribution >= 0.6 is 12.6 Å². The molecule has 1 atom stereocenters. The summed E-state index contributed by atoms with van der Waals surface area (Å²) >= 11 is 4.38. The van der Waals surface area contributed by atoms with E-state index in [1.165, 1.54) is 52.1 Å². The molecule has 3 heteroatoms. The molecule has 0 aliphatic carbocycles. The molecule has 0 aromatic rings. The van der Waals surface area contributed by atoms with E-state index in [-0.39, 0.29) is 5.97 Å². The summed E-state index contributed by atoms with van der Waals surface area (Å²) in [6.45, 7) is 4.08. The number of allylic oxidation sites excluding steroid dienone is 2. The standard InChI is InChI=1S/C18H34O2S/c1-4-5-6-7-8-9-10-11-12-13-14-15-16-18(2,21)17(19)20-3/h11-12,21H,4-10,13-16H2,1-3H3. The van der Waals surface area contributed by atoms with E-state index in [2.05, 4.69) is 31.7 Å². The molecule has 0 aliphatic heterocycles. The number of hydrogen-bond donors (Lipinski definition) is 1. The highest BCUT2D eigenvalue weighted by molar-refractivity contribution is 7.82. The summed E-state index contributed by atoms with van der Waals surface area (Å²) in [5.41, 5.74) is 0. The molecule has 0 saturated heterocycles. The van der Waals surface area contributed by atoms with Crippen LogP contribution < -0.4 is 0 Å². The minimum atomic E-state index is -0.642. The monoisotopic (exact) mass is 314 g/mol. The van der Waals surface area contributed by atoms with Gasteiger partial charge >= 0.3 is 5.97 Å². The van der Waals surface area contributed by atoms with E-state index in [9.17, 15) is 4.79 Å². The van der Waals surface area contributed by atoms with E-state index < -0.39 is 4.75 Å². The highest BCUT2D eigenvalue weighted by Crippen LogP contribution is 2.23. The van der Waals surface area contributed by atoms with Crippen LogP contribution in [-0.2, 0) is 9.53 Å². The molecule has 21 heavy (non-hydrogen) atoms. The average Bonchev–Trinajstić information content (AvgIpc) is 2.47. The Balaban J connectivity index is 3.42. The topological polar surface area (TPSA) is 26.3 Å². The molecule has 0 spiro atoms. The minimum Gasteiger partial charge on any atom is -0.468 e. The molecular formula is C18H34O2S. The quantitative estimate of drug-likeness (QED) is 0.204. The molecule has 0 aromatic heterocycles. The number of carbonyl (C=O) groups is 1. The Labute approximate surface area is 137 Å². The lowest BCUT2D eigenvalue weighted by Gasteiger charge is -2.19. The fourth-order valence-corrected chi connectivity index (χ4v) is 2.58. The molecule has 0 aliphatic rings. The second-order valence-corrected chi connectivity index (χ2v) is 7.03. The number of thiol groups is 1. The Morgan fingerprint density at radius 3 is 2.10 bits per heavy atom. The van der Waals surface area contributed by atoms with Crippen molar-refractivity contribution in [3.8, 4) is 0 Å². The SMILES string of the molecule is CCCCCCCCC=CCCCCC(C)(S)C(=O)OC. The van der Waals surface area contributed by atoms with Gasteiger partial charge in [-0.3, -0.25) is 4.79 Å². The summed E-state index contributed by atoms with van der Waals surface area (Å²) in [7, 11) is 1.42. The van der Waals surface area contributed by atoms with Gasteiger partial charge in [0.1, 0.15) is 4.75 Å². The van der Waals surface area contributed by atoms with E-state index in [4.69, 9.17) is 4.74 Å². The fraction of sp³-hybridized carbons (Fsp3) is 0.833. The lowest BCUT2D eigenvalue weighted by atomic mass is 10.0. The van der Waals surface area contributed by atoms with Crippen LogP contribution in [0, 0.1) is 0 Å². The van der Waals surface area contributed by atoms with Crippen LogP contribution in [0.25, 0.3) is 0 Å². The molecule has 0 fully saturated rings. The van der Waals surface area contributed by atoms with Crippen molar-refractivity contribution < 1.29 is 9.53 Å². The maximum atomic E-state index is 11.5. The van der Waals surface area contributed by atoms with E-state index in [1.54, 1.807) is 0 Å². The second kappa shape index (κ2) is 13.2. The summed E-state index contributed by atoms with van der Waals surface area (Å²) < 4.78 is 4.10. The van der Waals surface area contributed by atoms with Crippen molar-refractivity contribution >= 4 is 18.6 Å². The van der Waals surface area contributed by atoms with Gasteiger partial charge in [-0.2, -0.15) is 12.6 Å². The van der Waals surface area contributed by atoms with Gasteiger partial charge in [-0.1, -0.05) is 57.6 Å². The van der Waals surface area contributed by atoms with Crippen LogP contribution in [0.3, 0.4) is 0 Å². The van der Waals surface area contributed by atoms with Crippen LogP contribution in [-0.4, -0.2) is 17.8 Å². The van der Waals surface area contributed by atoms with E-state index in [1.807, 2.05) is 6.92 Å². The molecule has 0 bridgehead atoms. The van der Waals surface area contributed by atoms with Crippen molar-refractivity contribution in [3.63, 3.8) is 0 Å². The van der Waals surface area contributed by atoms with Gasteiger partial charge < -0.3 is 4.74 Å². The number of hydrogen-bond acceptors (Lipinski definition) is 3. The first-order valence-electron chi connectivity index (χ1n) is 8.50. The molecule has 0 heterocycles. The third-order valence-electron chi connectivity index (χ3n) is 3.80. The third kappa shape index (κ3) is 11.9. The zero-order chi connectivity index (χ0) is 16.0. The van der Waals surface area contributed by atoms with Crippen molar-refractivity contribution in [1.29, 1.82) is 0 Å². The number of rotatable bonds is 13. The van der Waals surface area contributed by atoms with Crippen molar-refractivity contribution in [1.82, 2.24) is 0 Å². The molecule has 0 radical (unpaired) electrons. The van der Waals surface area contributed by atoms with E-state index in [0.29, 0.717) is 0 Å². The molecule has 124 valence electrons. The lowest BCUT2D eigenvalue weighted by Crippen LogP contribution is -2.30. The highest BCUT2D eigenvalue weighted by Gasteiger charge is 2.28. The first kappa shape index (κ1) is 20.6. The molecular weight excluding hydrogens is 280 g/mol. The predicted molar refractivity (Wildman–Crippen MR) is 95.0 cm³/mol. The van der Waals surface area contributed by atoms with Gasteiger partial charge in [-0.25, -0.2) is 0 Å². The van der Waals surface area contributed by atoms with Crippen molar-refractivity contribution in [2.45, 2.75) is 89.2 Å². The smallest absolute Gasteiger partial charge is 0.321 e. The van der Waals surface area contributed by atoms with Crippen molar-refractivity contribution in [2.24, 2.45) is 0 Å². The molecule has 0 N–H and O–H groups in total. The number of esters is 1. The largest absolute Gasteiger partial charge is 0.468 e. The molecule has 2 nitrogen and oxygen atoms in total. The Bertz CT molecular complexity index is 285. The predicted octanol–water partition coefficient (Wildman–Crippen LogP) is 5.72. The van der Waals surface area contributed by atoms with Crippen LogP contribution in [0.4, 0.5) is 0 Å².